The van der Waals surface area contributed by atoms with Gasteiger partial charge in [0.1, 0.15) is 23.5 Å². The lowest BCUT2D eigenvalue weighted by Crippen LogP contribution is -1.85. The zero-order valence-electron chi connectivity index (χ0n) is 14.8. The zero-order chi connectivity index (χ0) is 18.5. The number of aromatic nitrogens is 1. The SMILES string of the molecule is CCCc1ccc2[nH]c(-c3ccc(OC)cc3)c(C=C(C#N)C#N)c2c1. The third kappa shape index (κ3) is 3.31. The average Bonchev–Trinajstić information content (AvgIpc) is 3.04. The van der Waals surface area contributed by atoms with Crippen molar-refractivity contribution >= 4 is 17.0 Å². The van der Waals surface area contributed by atoms with Crippen molar-refractivity contribution in [3.63, 3.8) is 0 Å². The van der Waals surface area contributed by atoms with Crippen LogP contribution >= 0.6 is 0 Å². The first-order chi connectivity index (χ1) is 12.7. The minimum absolute atomic E-state index is 0.0848. The first-order valence-electron chi connectivity index (χ1n) is 8.51. The molecule has 1 heterocycles. The van der Waals surface area contributed by atoms with Crippen molar-refractivity contribution in [3.05, 3.63) is 59.2 Å². The van der Waals surface area contributed by atoms with E-state index < -0.39 is 0 Å². The molecule has 0 fully saturated rings. The fraction of sp³-hybridized carbons (Fsp3) is 0.182. The van der Waals surface area contributed by atoms with Crippen molar-refractivity contribution in [1.82, 2.24) is 4.98 Å². The van der Waals surface area contributed by atoms with E-state index in [0.717, 1.165) is 46.3 Å². The number of allylic oxidation sites excluding steroid dienone is 1. The lowest BCUT2D eigenvalue weighted by atomic mass is 10.0. The second-order valence-corrected chi connectivity index (χ2v) is 6.05. The van der Waals surface area contributed by atoms with E-state index in [1.165, 1.54) is 5.56 Å². The predicted octanol–water partition coefficient (Wildman–Crippen LogP) is 5.23. The van der Waals surface area contributed by atoms with Gasteiger partial charge in [-0.15, -0.1) is 0 Å². The van der Waals surface area contributed by atoms with Gasteiger partial charge in [0.2, 0.25) is 0 Å². The van der Waals surface area contributed by atoms with Crippen LogP contribution in [0.15, 0.2) is 48.0 Å². The van der Waals surface area contributed by atoms with Gasteiger partial charge in [-0.05, 0) is 60.0 Å². The normalized spacial score (nSPS) is 10.2. The smallest absolute Gasteiger partial charge is 0.130 e. The Bertz CT molecular complexity index is 1030. The van der Waals surface area contributed by atoms with Crippen LogP contribution in [0, 0.1) is 22.7 Å². The summed E-state index contributed by atoms with van der Waals surface area (Å²) in [6, 6.07) is 17.9. The average molecular weight is 341 g/mol. The Labute approximate surface area is 153 Å². The van der Waals surface area contributed by atoms with Gasteiger partial charge < -0.3 is 9.72 Å². The maximum atomic E-state index is 9.20. The largest absolute Gasteiger partial charge is 0.497 e. The molecular formula is C22H19N3O. The van der Waals surface area contributed by atoms with Crippen LogP contribution in [0.25, 0.3) is 28.2 Å². The van der Waals surface area contributed by atoms with Gasteiger partial charge in [-0.25, -0.2) is 0 Å². The Morgan fingerprint density at radius 1 is 1.12 bits per heavy atom. The number of nitriles is 2. The van der Waals surface area contributed by atoms with E-state index in [1.54, 1.807) is 13.2 Å². The number of ether oxygens (including phenoxy) is 1. The van der Waals surface area contributed by atoms with E-state index in [-0.39, 0.29) is 5.57 Å². The number of hydrogen-bond acceptors (Lipinski definition) is 3. The first kappa shape index (κ1) is 17.3. The van der Waals surface area contributed by atoms with Gasteiger partial charge in [-0.3, -0.25) is 0 Å². The maximum absolute atomic E-state index is 9.20. The predicted molar refractivity (Wildman–Crippen MR) is 103 cm³/mol. The molecule has 0 spiro atoms. The number of aryl methyl sites for hydroxylation is 1. The van der Waals surface area contributed by atoms with Gasteiger partial charge >= 0.3 is 0 Å². The van der Waals surface area contributed by atoms with Crippen LogP contribution < -0.4 is 4.74 Å². The second-order valence-electron chi connectivity index (χ2n) is 6.05. The zero-order valence-corrected chi connectivity index (χ0v) is 14.8. The third-order valence-electron chi connectivity index (χ3n) is 4.35. The molecule has 0 amide bonds. The van der Waals surface area contributed by atoms with Crippen molar-refractivity contribution in [2.45, 2.75) is 19.8 Å². The number of aromatic amines is 1. The molecular weight excluding hydrogens is 322 g/mol. The molecule has 0 aliphatic rings. The third-order valence-corrected chi connectivity index (χ3v) is 4.35. The molecule has 0 atom stereocenters. The molecule has 0 saturated heterocycles. The summed E-state index contributed by atoms with van der Waals surface area (Å²) in [4.78, 5) is 3.44. The van der Waals surface area contributed by atoms with Crippen LogP contribution in [0.5, 0.6) is 5.75 Å². The van der Waals surface area contributed by atoms with E-state index in [0.29, 0.717) is 0 Å². The summed E-state index contributed by atoms with van der Waals surface area (Å²) >= 11 is 0. The number of methoxy groups -OCH3 is 1. The second kappa shape index (κ2) is 7.59. The van der Waals surface area contributed by atoms with Gasteiger partial charge in [-0.2, -0.15) is 10.5 Å². The van der Waals surface area contributed by atoms with Crippen molar-refractivity contribution < 1.29 is 4.74 Å². The Morgan fingerprint density at radius 3 is 2.46 bits per heavy atom. The molecule has 2 aromatic carbocycles. The van der Waals surface area contributed by atoms with Gasteiger partial charge in [-0.1, -0.05) is 19.4 Å². The van der Waals surface area contributed by atoms with Crippen LogP contribution in [-0.4, -0.2) is 12.1 Å². The molecule has 0 saturated carbocycles. The van der Waals surface area contributed by atoms with Crippen LogP contribution in [-0.2, 0) is 6.42 Å². The lowest BCUT2D eigenvalue weighted by Gasteiger charge is -2.04. The molecule has 1 aromatic heterocycles. The fourth-order valence-corrected chi connectivity index (χ4v) is 3.07. The number of H-pyrrole nitrogens is 1. The summed E-state index contributed by atoms with van der Waals surface area (Å²) in [5.41, 5.74) is 5.03. The van der Waals surface area contributed by atoms with E-state index in [2.05, 4.69) is 30.1 Å². The summed E-state index contributed by atoms with van der Waals surface area (Å²) in [5, 5.41) is 19.4. The number of rotatable bonds is 5. The van der Waals surface area contributed by atoms with Crippen LogP contribution in [0.2, 0.25) is 0 Å². The van der Waals surface area contributed by atoms with Crippen molar-refractivity contribution in [1.29, 1.82) is 10.5 Å². The van der Waals surface area contributed by atoms with E-state index in [4.69, 9.17) is 4.74 Å². The summed E-state index contributed by atoms with van der Waals surface area (Å²) < 4.78 is 5.23. The molecule has 1 N–H and O–H groups in total. The lowest BCUT2D eigenvalue weighted by molar-refractivity contribution is 0.415. The Hall–Kier alpha value is -3.50. The summed E-state index contributed by atoms with van der Waals surface area (Å²) in [5.74, 6) is 0.780. The first-order valence-corrected chi connectivity index (χ1v) is 8.51. The Morgan fingerprint density at radius 2 is 1.85 bits per heavy atom. The monoisotopic (exact) mass is 341 g/mol. The summed E-state index contributed by atoms with van der Waals surface area (Å²) in [6.07, 6.45) is 3.72. The summed E-state index contributed by atoms with van der Waals surface area (Å²) in [7, 11) is 1.63. The highest BCUT2D eigenvalue weighted by Crippen LogP contribution is 2.33. The van der Waals surface area contributed by atoms with Gasteiger partial charge in [0.25, 0.3) is 0 Å². The minimum atomic E-state index is 0.0848. The molecule has 26 heavy (non-hydrogen) atoms. The molecule has 3 aromatic rings. The molecule has 128 valence electrons. The topological polar surface area (TPSA) is 72.6 Å². The standard InChI is InChI=1S/C22H19N3O/c1-3-4-15-5-10-21-19(11-15)20(12-16(13-23)14-24)22(25-21)17-6-8-18(26-2)9-7-17/h5-12,25H,3-4H2,1-2H3. The number of benzene rings is 2. The highest BCUT2D eigenvalue weighted by Gasteiger charge is 2.13. The molecule has 0 bridgehead atoms. The number of fused-ring (bicyclic) bond motifs is 1. The molecule has 4 heteroatoms. The minimum Gasteiger partial charge on any atom is -0.497 e. The molecule has 0 aliphatic carbocycles. The molecule has 4 nitrogen and oxygen atoms in total. The van der Waals surface area contributed by atoms with Crippen molar-refractivity contribution in [2.75, 3.05) is 7.11 Å². The molecule has 0 aliphatic heterocycles. The fourth-order valence-electron chi connectivity index (χ4n) is 3.07. The van der Waals surface area contributed by atoms with Gasteiger partial charge in [0, 0.05) is 16.5 Å². The van der Waals surface area contributed by atoms with Crippen molar-refractivity contribution in [2.24, 2.45) is 0 Å². The van der Waals surface area contributed by atoms with E-state index >= 15 is 0 Å². The van der Waals surface area contributed by atoms with E-state index in [1.807, 2.05) is 36.4 Å². The highest BCUT2D eigenvalue weighted by molar-refractivity contribution is 5.98. The number of nitrogens with zero attached hydrogens (tertiary/aromatic N) is 2. The molecule has 0 radical (unpaired) electrons. The van der Waals surface area contributed by atoms with Crippen LogP contribution in [0.3, 0.4) is 0 Å². The highest BCUT2D eigenvalue weighted by atomic mass is 16.5. The maximum Gasteiger partial charge on any atom is 0.130 e. The number of nitrogens with one attached hydrogen (secondary N) is 1. The van der Waals surface area contributed by atoms with E-state index in [9.17, 15) is 10.5 Å². The quantitative estimate of drug-likeness (QED) is 0.646. The molecule has 0 unspecified atom stereocenters. The Kier molecular flexibility index (Phi) is 5.06. The summed E-state index contributed by atoms with van der Waals surface area (Å²) in [6.45, 7) is 2.15. The number of hydrogen-bond donors (Lipinski definition) is 1. The van der Waals surface area contributed by atoms with Gasteiger partial charge in [0.05, 0.1) is 12.8 Å². The Balaban J connectivity index is 2.25. The van der Waals surface area contributed by atoms with Gasteiger partial charge in [0.15, 0.2) is 0 Å². The van der Waals surface area contributed by atoms with Crippen LogP contribution in [0.1, 0.15) is 24.5 Å². The van der Waals surface area contributed by atoms with Crippen LogP contribution in [0.4, 0.5) is 0 Å². The van der Waals surface area contributed by atoms with Crippen molar-refractivity contribution in [3.8, 4) is 29.1 Å². The molecule has 3 rings (SSSR count).